The molecular formula is C26H33Cl2N7S. The van der Waals surface area contributed by atoms with Gasteiger partial charge in [-0.3, -0.25) is 9.88 Å². The molecule has 2 fully saturated rings. The van der Waals surface area contributed by atoms with Gasteiger partial charge in [-0.05, 0) is 67.3 Å². The van der Waals surface area contributed by atoms with E-state index in [2.05, 4.69) is 59.8 Å². The number of piperazine rings is 1. The summed E-state index contributed by atoms with van der Waals surface area (Å²) >= 11 is 14.2. The number of anilines is 2. The van der Waals surface area contributed by atoms with E-state index in [4.69, 9.17) is 28.9 Å². The highest BCUT2D eigenvalue weighted by Gasteiger charge is 2.38. The zero-order valence-electron chi connectivity index (χ0n) is 20.5. The van der Waals surface area contributed by atoms with Gasteiger partial charge in [-0.2, -0.15) is 0 Å². The first-order valence-corrected chi connectivity index (χ1v) is 14.4. The van der Waals surface area contributed by atoms with Crippen LogP contribution in [0.2, 0.25) is 10.0 Å². The van der Waals surface area contributed by atoms with Crippen molar-refractivity contribution in [3.05, 3.63) is 69.7 Å². The number of nitrogens with one attached hydrogen (secondary N) is 1. The minimum Gasteiger partial charge on any atom is -0.368 e. The molecule has 5 rings (SSSR count). The number of hydrogen-bond acceptors (Lipinski definition) is 7. The molecule has 3 heterocycles. The topological polar surface area (TPSA) is 77.3 Å². The molecule has 7 nitrogen and oxygen atoms in total. The Kier molecular flexibility index (Phi) is 8.28. The molecule has 36 heavy (non-hydrogen) atoms. The van der Waals surface area contributed by atoms with E-state index in [1.165, 1.54) is 11.1 Å². The molecule has 2 aromatic carbocycles. The maximum absolute atomic E-state index is 6.17. The van der Waals surface area contributed by atoms with Crippen molar-refractivity contribution in [3.8, 4) is 0 Å². The number of halogens is 2. The van der Waals surface area contributed by atoms with E-state index in [0.29, 0.717) is 24.1 Å². The van der Waals surface area contributed by atoms with Crippen molar-refractivity contribution >= 4 is 47.0 Å². The number of aromatic nitrogens is 3. The predicted octanol–water partition coefficient (Wildman–Crippen LogP) is 4.78. The number of aromatic amines is 1. The minimum atomic E-state index is 0.369. The van der Waals surface area contributed by atoms with Crippen molar-refractivity contribution in [1.29, 1.82) is 0 Å². The number of nitrogens with zero attached hydrogens (tertiary/aromatic N) is 5. The van der Waals surface area contributed by atoms with Gasteiger partial charge < -0.3 is 10.6 Å². The molecule has 2 aliphatic heterocycles. The van der Waals surface area contributed by atoms with E-state index in [0.717, 1.165) is 67.9 Å². The van der Waals surface area contributed by atoms with Crippen LogP contribution in [0.25, 0.3) is 0 Å². The first-order valence-electron chi connectivity index (χ1n) is 12.5. The Hall–Kier alpha value is -1.97. The minimum absolute atomic E-state index is 0.369. The summed E-state index contributed by atoms with van der Waals surface area (Å²) in [5.74, 6) is 1.14. The Labute approximate surface area is 227 Å². The summed E-state index contributed by atoms with van der Waals surface area (Å²) in [6, 6.07) is 18.1. The van der Waals surface area contributed by atoms with Gasteiger partial charge in [-0.25, -0.2) is 4.31 Å². The van der Waals surface area contributed by atoms with E-state index in [1.54, 1.807) is 0 Å². The zero-order chi connectivity index (χ0) is 25.1. The Morgan fingerprint density at radius 3 is 2.00 bits per heavy atom. The summed E-state index contributed by atoms with van der Waals surface area (Å²) in [5, 5.41) is 9.70. The Bertz CT molecular complexity index is 1120. The van der Waals surface area contributed by atoms with Crippen LogP contribution < -0.4 is 10.6 Å². The van der Waals surface area contributed by atoms with Crippen molar-refractivity contribution in [2.45, 2.75) is 43.8 Å². The van der Waals surface area contributed by atoms with Crippen molar-refractivity contribution in [2.24, 2.45) is 0 Å². The highest BCUT2D eigenvalue weighted by molar-refractivity contribution is 7.96. The van der Waals surface area contributed by atoms with Crippen molar-refractivity contribution in [2.75, 3.05) is 43.1 Å². The molecule has 10 heteroatoms. The number of benzene rings is 2. The summed E-state index contributed by atoms with van der Waals surface area (Å²) in [5.41, 5.74) is 8.42. The molecule has 2 atom stereocenters. The van der Waals surface area contributed by atoms with Gasteiger partial charge in [0.15, 0.2) is 0 Å². The first kappa shape index (κ1) is 25.7. The summed E-state index contributed by atoms with van der Waals surface area (Å²) in [6.07, 6.45) is 6.40. The summed E-state index contributed by atoms with van der Waals surface area (Å²) < 4.78 is 2.58. The van der Waals surface area contributed by atoms with Crippen LogP contribution in [0.3, 0.4) is 0 Å². The molecule has 1 aromatic heterocycles. The monoisotopic (exact) mass is 545 g/mol. The van der Waals surface area contributed by atoms with Gasteiger partial charge in [-0.15, -0.1) is 10.2 Å². The Morgan fingerprint density at radius 2 is 1.47 bits per heavy atom. The van der Waals surface area contributed by atoms with Crippen LogP contribution in [-0.4, -0.2) is 74.9 Å². The number of nitrogens with two attached hydrogens (primary N) is 1. The van der Waals surface area contributed by atoms with Crippen LogP contribution in [0, 0.1) is 0 Å². The average molecular weight is 547 g/mol. The normalized spacial score (nSPS) is 22.2. The molecule has 0 spiro atoms. The summed E-state index contributed by atoms with van der Waals surface area (Å²) in [6.45, 7) is 3.96. The molecule has 0 aliphatic carbocycles. The SMILES string of the molecule is CSN1C[C@H](Cc2ccc(Cl)cc2)N(C2CCN(c3nnc(N)[nH]3)CC2)CC1Cc1ccc(Cl)cc1. The van der Waals surface area contributed by atoms with Crippen LogP contribution in [0.4, 0.5) is 11.9 Å². The van der Waals surface area contributed by atoms with E-state index in [9.17, 15) is 0 Å². The molecule has 0 amide bonds. The van der Waals surface area contributed by atoms with Crippen LogP contribution in [-0.2, 0) is 12.8 Å². The van der Waals surface area contributed by atoms with Crippen LogP contribution in [0.5, 0.6) is 0 Å². The number of rotatable bonds is 7. The van der Waals surface area contributed by atoms with Crippen LogP contribution in [0.1, 0.15) is 24.0 Å². The standard InChI is InChI=1S/C26H33Cl2N7S/c1-36-35-17-23(14-18-2-6-20(27)7-3-18)34(16-24(35)15-19-4-8-21(28)9-5-19)22-10-12-33(13-11-22)26-30-25(29)31-32-26/h2-9,22-24H,10-17H2,1H3,(H3,29,30,31,32)/t23-,24?/m0/s1. The molecule has 0 bridgehead atoms. The van der Waals surface area contributed by atoms with E-state index < -0.39 is 0 Å². The lowest BCUT2D eigenvalue weighted by molar-refractivity contribution is 0.0352. The van der Waals surface area contributed by atoms with Gasteiger partial charge in [0.2, 0.25) is 11.9 Å². The van der Waals surface area contributed by atoms with E-state index in [-0.39, 0.29) is 0 Å². The summed E-state index contributed by atoms with van der Waals surface area (Å²) in [7, 11) is 0. The second kappa shape index (κ2) is 11.6. The second-order valence-corrected chi connectivity index (χ2v) is 11.4. The number of piperidine rings is 1. The number of H-pyrrole nitrogens is 1. The lowest BCUT2D eigenvalue weighted by atomic mass is 9.93. The molecule has 3 N–H and O–H groups in total. The van der Waals surface area contributed by atoms with Gasteiger partial charge in [0.25, 0.3) is 0 Å². The predicted molar refractivity (Wildman–Crippen MR) is 151 cm³/mol. The van der Waals surface area contributed by atoms with Gasteiger partial charge in [0.1, 0.15) is 0 Å². The third kappa shape index (κ3) is 6.11. The third-order valence-corrected chi connectivity index (χ3v) is 8.84. The first-order chi connectivity index (χ1) is 17.5. The largest absolute Gasteiger partial charge is 0.368 e. The number of nitrogen functional groups attached to an aromatic ring is 1. The van der Waals surface area contributed by atoms with Gasteiger partial charge >= 0.3 is 0 Å². The maximum atomic E-state index is 6.17. The molecule has 1 unspecified atom stereocenters. The van der Waals surface area contributed by atoms with Gasteiger partial charge in [0.05, 0.1) is 0 Å². The fourth-order valence-corrected chi connectivity index (χ4v) is 6.58. The Morgan fingerprint density at radius 1 is 0.889 bits per heavy atom. The highest BCUT2D eigenvalue weighted by atomic mass is 35.5. The quantitative estimate of drug-likeness (QED) is 0.413. The molecule has 2 aliphatic rings. The van der Waals surface area contributed by atoms with Crippen LogP contribution >= 0.6 is 35.1 Å². The van der Waals surface area contributed by atoms with Crippen molar-refractivity contribution in [3.63, 3.8) is 0 Å². The fourth-order valence-electron chi connectivity index (χ4n) is 5.57. The molecule has 0 saturated carbocycles. The fraction of sp³-hybridized carbons (Fsp3) is 0.462. The van der Waals surface area contributed by atoms with Crippen molar-refractivity contribution < 1.29 is 0 Å². The van der Waals surface area contributed by atoms with Crippen molar-refractivity contribution in [1.82, 2.24) is 24.4 Å². The molecular weight excluding hydrogens is 513 g/mol. The molecule has 192 valence electrons. The van der Waals surface area contributed by atoms with Gasteiger partial charge in [-0.1, -0.05) is 59.4 Å². The van der Waals surface area contributed by atoms with E-state index in [1.807, 2.05) is 36.2 Å². The molecule has 3 aromatic rings. The summed E-state index contributed by atoms with van der Waals surface area (Å²) in [4.78, 5) is 8.12. The lowest BCUT2D eigenvalue weighted by Crippen LogP contribution is -2.61. The van der Waals surface area contributed by atoms with E-state index >= 15 is 0 Å². The maximum Gasteiger partial charge on any atom is 0.226 e. The second-order valence-electron chi connectivity index (χ2n) is 9.70. The smallest absolute Gasteiger partial charge is 0.226 e. The average Bonchev–Trinajstić information content (AvgIpc) is 3.33. The van der Waals surface area contributed by atoms with Gasteiger partial charge in [0, 0.05) is 54.3 Å². The number of hydrogen-bond donors (Lipinski definition) is 2. The lowest BCUT2D eigenvalue weighted by Gasteiger charge is -2.50. The molecule has 0 radical (unpaired) electrons. The highest BCUT2D eigenvalue weighted by Crippen LogP contribution is 2.31. The Balaban J connectivity index is 1.33. The zero-order valence-corrected chi connectivity index (χ0v) is 22.8. The molecule has 2 saturated heterocycles. The van der Waals surface area contributed by atoms with Crippen LogP contribution in [0.15, 0.2) is 48.5 Å². The third-order valence-electron chi connectivity index (χ3n) is 7.42.